The van der Waals surface area contributed by atoms with Crippen molar-refractivity contribution in [3.8, 4) is 0 Å². The van der Waals surface area contributed by atoms with Gasteiger partial charge in [0.1, 0.15) is 5.78 Å². The van der Waals surface area contributed by atoms with Gasteiger partial charge in [0.2, 0.25) is 0 Å². The summed E-state index contributed by atoms with van der Waals surface area (Å²) in [5.41, 5.74) is 0.285. The molecule has 6 unspecified atom stereocenters. The number of hydrogen-bond acceptors (Lipinski definition) is 1. The zero-order chi connectivity index (χ0) is 12.2. The first-order valence-electron chi connectivity index (χ1n) is 4.47. The van der Waals surface area contributed by atoms with Gasteiger partial charge in [-0.3, -0.25) is 4.79 Å². The van der Waals surface area contributed by atoms with Crippen LogP contribution in [0.15, 0.2) is 0 Å². The summed E-state index contributed by atoms with van der Waals surface area (Å²) in [5.74, 6) is 0.440. The van der Waals surface area contributed by atoms with E-state index in [0.717, 1.165) is 0 Å². The molecular weight excluding hydrogens is 336 g/mol. The quantitative estimate of drug-likeness (QED) is 0.549. The van der Waals surface area contributed by atoms with Crippen LogP contribution >= 0.6 is 64.3 Å². The van der Waals surface area contributed by atoms with Crippen LogP contribution in [0.25, 0.3) is 0 Å². The van der Waals surface area contributed by atoms with Crippen molar-refractivity contribution in [3.63, 3.8) is 0 Å². The summed E-state index contributed by atoms with van der Waals surface area (Å²) < 4.78 is 0. The molecule has 0 heterocycles. The summed E-state index contributed by atoms with van der Waals surface area (Å²) in [6.07, 6.45) is 0.689. The van der Waals surface area contributed by atoms with Crippen molar-refractivity contribution in [2.24, 2.45) is 0 Å². The summed E-state index contributed by atoms with van der Waals surface area (Å²) in [6.45, 7) is 6.32. The van der Waals surface area contributed by atoms with E-state index in [0.29, 0.717) is 12.2 Å². The summed E-state index contributed by atoms with van der Waals surface area (Å²) in [7, 11) is 11.7. The van der Waals surface area contributed by atoms with Crippen LogP contribution < -0.4 is 0 Å². The molecule has 0 aliphatic rings. The van der Waals surface area contributed by atoms with Crippen molar-refractivity contribution >= 4 is 70.1 Å². The molecule has 0 bridgehead atoms. The van der Waals surface area contributed by atoms with Crippen molar-refractivity contribution < 1.29 is 4.79 Å². The first-order chi connectivity index (χ1) is 6.82. The van der Waals surface area contributed by atoms with Gasteiger partial charge in [-0.05, 0) is 27.6 Å². The molecule has 0 N–H and O–H groups in total. The fourth-order valence-electron chi connectivity index (χ4n) is 1.10. The number of hydrogen-bond donors (Lipinski definition) is 0. The second-order valence-electron chi connectivity index (χ2n) is 3.10. The lowest BCUT2D eigenvalue weighted by Gasteiger charge is -2.34. The van der Waals surface area contributed by atoms with Crippen LogP contribution in [0.5, 0.6) is 0 Å². The van der Waals surface area contributed by atoms with Gasteiger partial charge in [-0.25, -0.2) is 0 Å². The van der Waals surface area contributed by atoms with Gasteiger partial charge in [0.15, 0.2) is 0 Å². The maximum absolute atomic E-state index is 11.7. The SMILES string of the molecule is CCC(=O)C(C)P(C)P(P(P)P)P(P)P. The molecule has 0 aliphatic carbocycles. The molecule has 0 aliphatic heterocycles. The molecular formula is C6H20OP8. The minimum atomic E-state index is -0.140. The highest BCUT2D eigenvalue weighted by Crippen LogP contribution is 3.07. The summed E-state index contributed by atoms with van der Waals surface area (Å²) in [4.78, 5) is 11.7. The van der Waals surface area contributed by atoms with Crippen molar-refractivity contribution in [3.05, 3.63) is 0 Å². The number of Topliss-reactive ketones (excluding diaryl/α,β-unsaturated/α-hetero) is 1. The number of carbonyl (C=O) groups is 1. The molecule has 9 heteroatoms. The largest absolute Gasteiger partial charge is 0.299 e. The molecule has 0 spiro atoms. The van der Waals surface area contributed by atoms with E-state index in [4.69, 9.17) is 0 Å². The Morgan fingerprint density at radius 2 is 1.60 bits per heavy atom. The Labute approximate surface area is 107 Å². The van der Waals surface area contributed by atoms with Gasteiger partial charge < -0.3 is 0 Å². The van der Waals surface area contributed by atoms with E-state index in [1.807, 2.05) is 6.92 Å². The van der Waals surface area contributed by atoms with E-state index < -0.39 is 0 Å². The van der Waals surface area contributed by atoms with Gasteiger partial charge in [0.25, 0.3) is 0 Å². The van der Waals surface area contributed by atoms with Crippen LogP contribution in [0.2, 0.25) is 0 Å². The first kappa shape index (κ1) is 18.1. The maximum atomic E-state index is 11.7. The Bertz CT molecular complexity index is 199. The molecule has 1 nitrogen and oxygen atoms in total. The Morgan fingerprint density at radius 1 is 1.20 bits per heavy atom. The predicted octanol–water partition coefficient (Wildman–Crippen LogP) is 5.82. The molecule has 0 aromatic heterocycles. The minimum Gasteiger partial charge on any atom is -0.299 e. The van der Waals surface area contributed by atoms with Crippen molar-refractivity contribution in [2.45, 2.75) is 25.9 Å². The van der Waals surface area contributed by atoms with Gasteiger partial charge in [0, 0.05) is 12.1 Å². The lowest BCUT2D eigenvalue weighted by molar-refractivity contribution is -0.118. The summed E-state index contributed by atoms with van der Waals surface area (Å²) in [6, 6.07) is 0. The third kappa shape index (κ3) is 6.20. The minimum absolute atomic E-state index is 0.00801. The molecule has 0 amide bonds. The molecule has 0 rings (SSSR count). The van der Waals surface area contributed by atoms with Crippen LogP contribution in [0, 0.1) is 0 Å². The molecule has 0 radical (unpaired) electrons. The third-order valence-electron chi connectivity index (χ3n) is 2.07. The number of carbonyl (C=O) groups excluding carboxylic acids is 1. The van der Waals surface area contributed by atoms with Gasteiger partial charge in [-0.1, -0.05) is 21.5 Å². The van der Waals surface area contributed by atoms with E-state index in [2.05, 4.69) is 49.3 Å². The van der Waals surface area contributed by atoms with Gasteiger partial charge >= 0.3 is 0 Å². The van der Waals surface area contributed by atoms with Crippen LogP contribution in [0.4, 0.5) is 0 Å². The third-order valence-corrected chi connectivity index (χ3v) is 44.9. The van der Waals surface area contributed by atoms with E-state index in [1.54, 1.807) is 0 Å². The summed E-state index contributed by atoms with van der Waals surface area (Å²) in [5, 5.41) is 0. The van der Waals surface area contributed by atoms with Gasteiger partial charge in [0.05, 0.1) is 0 Å². The monoisotopic (exact) mass is 356 g/mol. The number of rotatable bonds is 6. The standard InChI is InChI=1S/C6H20OP8/c1-4-6(7)5(2)12(3)15(13(8)9)14(10)11/h5H,4,8-11H2,1-3H3. The highest BCUT2D eigenvalue weighted by molar-refractivity contribution is 9.09. The zero-order valence-corrected chi connectivity index (χ0v) is 17.5. The van der Waals surface area contributed by atoms with E-state index in [9.17, 15) is 4.79 Å². The maximum Gasteiger partial charge on any atom is 0.140 e. The lowest BCUT2D eigenvalue weighted by atomic mass is 10.2. The molecule has 6 atom stereocenters. The molecule has 0 aromatic carbocycles. The average Bonchev–Trinajstić information content (AvgIpc) is 2.14. The molecule has 0 aromatic rings. The fraction of sp³-hybridized carbons (Fsp3) is 0.833. The average molecular weight is 356 g/mol. The second-order valence-corrected chi connectivity index (χ2v) is 33.6. The van der Waals surface area contributed by atoms with Crippen molar-refractivity contribution in [1.29, 1.82) is 0 Å². The van der Waals surface area contributed by atoms with Crippen LogP contribution in [-0.2, 0) is 4.79 Å². The lowest BCUT2D eigenvalue weighted by Crippen LogP contribution is -2.12. The van der Waals surface area contributed by atoms with Crippen LogP contribution in [0.1, 0.15) is 20.3 Å². The van der Waals surface area contributed by atoms with Crippen molar-refractivity contribution in [1.82, 2.24) is 0 Å². The smallest absolute Gasteiger partial charge is 0.140 e. The topological polar surface area (TPSA) is 17.1 Å². The molecule has 0 saturated carbocycles. The van der Waals surface area contributed by atoms with Crippen LogP contribution in [-0.4, -0.2) is 18.1 Å². The molecule has 15 heavy (non-hydrogen) atoms. The fourth-order valence-corrected chi connectivity index (χ4v) is 61.0. The number of ketones is 1. The van der Waals surface area contributed by atoms with Gasteiger partial charge in [-0.2, -0.15) is 0 Å². The summed E-state index contributed by atoms with van der Waals surface area (Å²) >= 11 is 0. The first-order valence-corrected chi connectivity index (χ1v) is 18.9. The van der Waals surface area contributed by atoms with Gasteiger partial charge in [-0.15, -0.1) is 35.7 Å². The van der Waals surface area contributed by atoms with Crippen molar-refractivity contribution in [2.75, 3.05) is 6.66 Å². The highest BCUT2D eigenvalue weighted by Gasteiger charge is 2.30. The Kier molecular flexibility index (Phi) is 11.0. The van der Waals surface area contributed by atoms with E-state index in [1.165, 1.54) is 0 Å². The predicted molar refractivity (Wildman–Crippen MR) is 97.2 cm³/mol. The van der Waals surface area contributed by atoms with E-state index in [-0.39, 0.29) is 34.2 Å². The molecule has 90 valence electrons. The normalized spacial score (nSPS) is 16.1. The van der Waals surface area contributed by atoms with E-state index >= 15 is 0 Å². The Balaban J connectivity index is 4.63. The molecule has 0 saturated heterocycles. The van der Waals surface area contributed by atoms with Crippen LogP contribution in [0.3, 0.4) is 0 Å². The highest BCUT2D eigenvalue weighted by atomic mass is 33.1. The Morgan fingerprint density at radius 3 is 1.87 bits per heavy atom. The zero-order valence-electron chi connectivity index (χ0n) is 9.29. The molecule has 0 fully saturated rings. The Hall–Kier alpha value is 3.11. The second kappa shape index (κ2) is 9.08.